The zero-order chi connectivity index (χ0) is 21.5. The Morgan fingerprint density at radius 3 is 2.37 bits per heavy atom. The van der Waals surface area contributed by atoms with Crippen molar-refractivity contribution >= 4 is 17.3 Å². The summed E-state index contributed by atoms with van der Waals surface area (Å²) in [6.07, 6.45) is 1.05. The van der Waals surface area contributed by atoms with E-state index in [1.54, 1.807) is 0 Å². The van der Waals surface area contributed by atoms with Crippen molar-refractivity contribution in [1.29, 1.82) is 0 Å². The number of piperazine rings is 1. The van der Waals surface area contributed by atoms with E-state index < -0.39 is 0 Å². The maximum Gasteiger partial charge on any atom is 0.241 e. The molecular weight excluding hydrogens is 374 g/mol. The van der Waals surface area contributed by atoms with Gasteiger partial charge in [0.15, 0.2) is 0 Å². The number of nitrogens with zero attached hydrogens (tertiary/aromatic N) is 2. The number of carbonyl (C=O) groups is 1. The molecule has 5 heteroatoms. The van der Waals surface area contributed by atoms with Gasteiger partial charge in [0.25, 0.3) is 0 Å². The number of para-hydroxylation sites is 3. The summed E-state index contributed by atoms with van der Waals surface area (Å²) in [5.74, 6) is 1.42. The lowest BCUT2D eigenvalue weighted by Crippen LogP contribution is -2.53. The molecule has 1 saturated heterocycles. The van der Waals surface area contributed by atoms with Crippen LogP contribution in [0.25, 0.3) is 0 Å². The molecule has 1 aliphatic rings. The zero-order valence-corrected chi connectivity index (χ0v) is 18.7. The molecule has 0 unspecified atom stereocenters. The van der Waals surface area contributed by atoms with Gasteiger partial charge in [0, 0.05) is 31.9 Å². The fraction of sp³-hybridized carbons (Fsp3) is 0.480. The number of benzene rings is 2. The summed E-state index contributed by atoms with van der Waals surface area (Å²) in [4.78, 5) is 17.6. The van der Waals surface area contributed by atoms with Gasteiger partial charge in [-0.3, -0.25) is 9.69 Å². The van der Waals surface area contributed by atoms with Crippen molar-refractivity contribution in [2.24, 2.45) is 0 Å². The molecule has 30 heavy (non-hydrogen) atoms. The highest BCUT2D eigenvalue weighted by molar-refractivity contribution is 5.95. The van der Waals surface area contributed by atoms with Crippen LogP contribution in [-0.2, 0) is 4.79 Å². The van der Waals surface area contributed by atoms with E-state index in [0.717, 1.165) is 49.7 Å². The minimum absolute atomic E-state index is 0.0638. The van der Waals surface area contributed by atoms with Gasteiger partial charge < -0.3 is 15.0 Å². The molecule has 162 valence electrons. The van der Waals surface area contributed by atoms with E-state index in [0.29, 0.717) is 12.5 Å². The first-order chi connectivity index (χ1) is 14.5. The Kier molecular flexibility index (Phi) is 7.75. The van der Waals surface area contributed by atoms with Crippen LogP contribution in [0.2, 0.25) is 0 Å². The molecule has 2 aromatic rings. The second-order valence-corrected chi connectivity index (χ2v) is 7.99. The van der Waals surface area contributed by atoms with Gasteiger partial charge in [-0.1, -0.05) is 44.2 Å². The Bertz CT molecular complexity index is 831. The highest BCUT2D eigenvalue weighted by atomic mass is 16.5. The van der Waals surface area contributed by atoms with Crippen LogP contribution in [0, 0.1) is 0 Å². The number of rotatable bonds is 8. The smallest absolute Gasteiger partial charge is 0.241 e. The summed E-state index contributed by atoms with van der Waals surface area (Å²) >= 11 is 0. The fourth-order valence-corrected chi connectivity index (χ4v) is 4.01. The number of nitrogens with one attached hydrogen (secondary N) is 1. The lowest BCUT2D eigenvalue weighted by molar-refractivity contribution is -0.120. The third-order valence-electron chi connectivity index (χ3n) is 6.11. The van der Waals surface area contributed by atoms with Crippen molar-refractivity contribution in [1.82, 2.24) is 4.90 Å². The van der Waals surface area contributed by atoms with Gasteiger partial charge in [-0.05, 0) is 49.9 Å². The fourth-order valence-electron chi connectivity index (χ4n) is 4.01. The minimum Gasteiger partial charge on any atom is -0.492 e. The highest BCUT2D eigenvalue weighted by Gasteiger charge is 2.27. The lowest BCUT2D eigenvalue weighted by atomic mass is 9.97. The van der Waals surface area contributed by atoms with Crippen LogP contribution in [0.1, 0.15) is 45.6 Å². The van der Waals surface area contributed by atoms with Crippen LogP contribution in [0.15, 0.2) is 48.5 Å². The first kappa shape index (κ1) is 22.2. The van der Waals surface area contributed by atoms with Crippen LogP contribution in [0.4, 0.5) is 11.4 Å². The first-order valence-electron chi connectivity index (χ1n) is 11.2. The van der Waals surface area contributed by atoms with Crippen LogP contribution in [0.3, 0.4) is 0 Å². The van der Waals surface area contributed by atoms with E-state index in [4.69, 9.17) is 4.74 Å². The molecular formula is C25H35N3O2. The summed E-state index contributed by atoms with van der Waals surface area (Å²) in [5, 5.41) is 3.18. The van der Waals surface area contributed by atoms with Crippen molar-refractivity contribution < 1.29 is 9.53 Å². The maximum absolute atomic E-state index is 13.0. The van der Waals surface area contributed by atoms with Crippen LogP contribution >= 0.6 is 0 Å². The number of hydrogen-bond donors (Lipinski definition) is 1. The Morgan fingerprint density at radius 2 is 1.67 bits per heavy atom. The predicted octanol–water partition coefficient (Wildman–Crippen LogP) is 4.75. The average molecular weight is 410 g/mol. The van der Waals surface area contributed by atoms with Crippen molar-refractivity contribution in [2.45, 2.75) is 46.1 Å². The topological polar surface area (TPSA) is 44.8 Å². The highest BCUT2D eigenvalue weighted by Crippen LogP contribution is 2.29. The molecule has 0 aliphatic carbocycles. The van der Waals surface area contributed by atoms with E-state index in [1.165, 1.54) is 5.56 Å². The Hall–Kier alpha value is -2.53. The second-order valence-electron chi connectivity index (χ2n) is 7.99. The molecule has 1 heterocycles. The molecule has 1 amide bonds. The van der Waals surface area contributed by atoms with Crippen molar-refractivity contribution in [2.75, 3.05) is 43.0 Å². The maximum atomic E-state index is 13.0. The normalized spacial score (nSPS) is 16.7. The first-order valence-corrected chi connectivity index (χ1v) is 11.2. The van der Waals surface area contributed by atoms with E-state index in [9.17, 15) is 4.79 Å². The second kappa shape index (κ2) is 10.5. The van der Waals surface area contributed by atoms with Crippen LogP contribution in [-0.4, -0.2) is 49.6 Å². The SMILES string of the molecule is CCOc1ccccc1N1CCN([C@H](C)C(=O)Nc2ccccc2[C@H](C)CC)CC1. The predicted molar refractivity (Wildman–Crippen MR) is 125 cm³/mol. The molecule has 1 N–H and O–H groups in total. The number of amides is 1. The van der Waals surface area contributed by atoms with Gasteiger partial charge in [-0.2, -0.15) is 0 Å². The molecule has 5 nitrogen and oxygen atoms in total. The van der Waals surface area contributed by atoms with E-state index in [-0.39, 0.29) is 11.9 Å². The molecule has 2 atom stereocenters. The number of carbonyl (C=O) groups excluding carboxylic acids is 1. The standard InChI is InChI=1S/C25H35N3O2/c1-5-19(3)21-11-7-8-12-22(21)26-25(29)20(4)27-15-17-28(18-16-27)23-13-9-10-14-24(23)30-6-2/h7-14,19-20H,5-6,15-18H2,1-4H3,(H,26,29)/t19-,20-/m1/s1. The van der Waals surface area contributed by atoms with E-state index in [2.05, 4.69) is 47.2 Å². The van der Waals surface area contributed by atoms with Crippen LogP contribution in [0.5, 0.6) is 5.75 Å². The Balaban J connectivity index is 1.61. The lowest BCUT2D eigenvalue weighted by Gasteiger charge is -2.39. The summed E-state index contributed by atoms with van der Waals surface area (Å²) < 4.78 is 5.79. The molecule has 0 saturated carbocycles. The quantitative estimate of drug-likeness (QED) is 0.683. The number of anilines is 2. The molecule has 0 spiro atoms. The van der Waals surface area contributed by atoms with Crippen molar-refractivity contribution in [3.63, 3.8) is 0 Å². The van der Waals surface area contributed by atoms with E-state index in [1.807, 2.05) is 44.2 Å². The molecule has 2 aromatic carbocycles. The largest absolute Gasteiger partial charge is 0.492 e. The molecule has 1 aliphatic heterocycles. The molecule has 0 bridgehead atoms. The molecule has 3 rings (SSSR count). The molecule has 1 fully saturated rings. The van der Waals surface area contributed by atoms with Gasteiger partial charge in [0.1, 0.15) is 5.75 Å². The van der Waals surface area contributed by atoms with Gasteiger partial charge in [0.2, 0.25) is 5.91 Å². The van der Waals surface area contributed by atoms with Crippen molar-refractivity contribution in [3.05, 3.63) is 54.1 Å². The van der Waals surface area contributed by atoms with E-state index >= 15 is 0 Å². The summed E-state index contributed by atoms with van der Waals surface area (Å²) in [6, 6.07) is 16.2. The molecule has 0 aromatic heterocycles. The third-order valence-corrected chi connectivity index (χ3v) is 6.11. The van der Waals surface area contributed by atoms with Crippen molar-refractivity contribution in [3.8, 4) is 5.75 Å². The minimum atomic E-state index is -0.167. The zero-order valence-electron chi connectivity index (χ0n) is 18.7. The van der Waals surface area contributed by atoms with Crippen LogP contribution < -0.4 is 15.0 Å². The van der Waals surface area contributed by atoms with Gasteiger partial charge in [0.05, 0.1) is 18.3 Å². The average Bonchev–Trinajstić information content (AvgIpc) is 2.79. The Morgan fingerprint density at radius 1 is 1.00 bits per heavy atom. The number of ether oxygens (including phenoxy) is 1. The van der Waals surface area contributed by atoms with Gasteiger partial charge >= 0.3 is 0 Å². The summed E-state index contributed by atoms with van der Waals surface area (Å²) in [6.45, 7) is 12.5. The summed E-state index contributed by atoms with van der Waals surface area (Å²) in [5.41, 5.74) is 3.28. The monoisotopic (exact) mass is 409 g/mol. The summed E-state index contributed by atoms with van der Waals surface area (Å²) in [7, 11) is 0. The third kappa shape index (κ3) is 5.14. The van der Waals surface area contributed by atoms with Gasteiger partial charge in [-0.25, -0.2) is 0 Å². The van der Waals surface area contributed by atoms with Gasteiger partial charge in [-0.15, -0.1) is 0 Å². The molecule has 0 radical (unpaired) electrons. The Labute approximate surface area is 181 Å². The number of hydrogen-bond acceptors (Lipinski definition) is 4.